The second kappa shape index (κ2) is 12.9. The van der Waals surface area contributed by atoms with Crippen LogP contribution in [0.5, 0.6) is 0 Å². The van der Waals surface area contributed by atoms with Gasteiger partial charge in [-0.05, 0) is 37.0 Å². The second-order valence-corrected chi connectivity index (χ2v) is 7.67. The van der Waals surface area contributed by atoms with Crippen molar-refractivity contribution in [2.24, 2.45) is 0 Å². The smallest absolute Gasteiger partial charge is 0.428 e. The monoisotopic (exact) mass is 466 g/mol. The summed E-state index contributed by atoms with van der Waals surface area (Å²) in [5, 5.41) is 0. The third kappa shape index (κ3) is 8.82. The average Bonchev–Trinajstić information content (AvgIpc) is 2.79. The zero-order chi connectivity index (χ0) is 24.3. The summed E-state index contributed by atoms with van der Waals surface area (Å²) in [5.74, 6) is -1.47. The van der Waals surface area contributed by atoms with Crippen LogP contribution >= 0.6 is 0 Å². The molecule has 0 fully saturated rings. The summed E-state index contributed by atoms with van der Waals surface area (Å²) in [6.07, 6.45) is 1.94. The lowest BCUT2D eigenvalue weighted by Gasteiger charge is -2.20. The van der Waals surface area contributed by atoms with Gasteiger partial charge in [-0.3, -0.25) is 4.79 Å². The Hall–Kier alpha value is -2.97. The molecule has 33 heavy (non-hydrogen) atoms. The van der Waals surface area contributed by atoms with E-state index in [1.165, 1.54) is 31.4 Å². The normalized spacial score (nSPS) is 12.3. The molecule has 0 bridgehead atoms. The number of carbonyl (C=O) groups excluding carboxylic acids is 2. The third-order valence-corrected chi connectivity index (χ3v) is 4.86. The van der Waals surface area contributed by atoms with Gasteiger partial charge in [-0.1, -0.05) is 45.2 Å². The van der Waals surface area contributed by atoms with Crippen molar-refractivity contribution in [3.05, 3.63) is 47.8 Å². The first-order chi connectivity index (χ1) is 15.7. The number of hydrogen-bond acceptors (Lipinski definition) is 6. The number of rotatable bonds is 12. The Balaban J connectivity index is 1.94. The predicted octanol–water partition coefficient (Wildman–Crippen LogP) is 5.70. The number of nitrogens with zero attached hydrogens (tertiary/aromatic N) is 2. The van der Waals surface area contributed by atoms with Crippen LogP contribution < -0.4 is 0 Å². The molecule has 1 aromatic carbocycles. The van der Waals surface area contributed by atoms with Gasteiger partial charge >= 0.3 is 18.1 Å². The van der Waals surface area contributed by atoms with Gasteiger partial charge in [0.25, 0.3) is 0 Å². The molecule has 0 spiro atoms. The number of unbranched alkanes of at least 4 members (excludes halogenated alkanes) is 3. The minimum atomic E-state index is -4.84. The molecule has 0 N–H and O–H groups in total. The Bertz CT molecular complexity index is 884. The van der Waals surface area contributed by atoms with Gasteiger partial charge in [0.2, 0.25) is 6.10 Å². The number of esters is 2. The molecule has 1 unspecified atom stereocenters. The average molecular weight is 467 g/mol. The van der Waals surface area contributed by atoms with E-state index in [0.29, 0.717) is 17.8 Å². The zero-order valence-electron chi connectivity index (χ0n) is 18.9. The molecule has 9 heteroatoms. The molecular weight excluding hydrogens is 437 g/mol. The molecule has 2 aromatic rings. The molecule has 0 saturated heterocycles. The van der Waals surface area contributed by atoms with E-state index < -0.39 is 30.8 Å². The summed E-state index contributed by atoms with van der Waals surface area (Å²) >= 11 is 0. The summed E-state index contributed by atoms with van der Waals surface area (Å²) in [4.78, 5) is 32.3. The first-order valence-corrected chi connectivity index (χ1v) is 11.1. The van der Waals surface area contributed by atoms with E-state index in [1.807, 2.05) is 0 Å². The lowest BCUT2D eigenvalue weighted by atomic mass is 10.1. The van der Waals surface area contributed by atoms with E-state index in [0.717, 1.165) is 18.4 Å². The number of ether oxygens (including phenoxy) is 2. The van der Waals surface area contributed by atoms with Crippen molar-refractivity contribution in [2.45, 2.75) is 71.1 Å². The highest BCUT2D eigenvalue weighted by Crippen LogP contribution is 2.24. The van der Waals surface area contributed by atoms with Crippen molar-refractivity contribution in [1.29, 1.82) is 0 Å². The van der Waals surface area contributed by atoms with Crippen LogP contribution in [0.25, 0.3) is 11.4 Å². The molecule has 0 aliphatic carbocycles. The molecule has 0 radical (unpaired) electrons. The minimum Gasteiger partial charge on any atom is -0.458 e. The van der Waals surface area contributed by atoms with Gasteiger partial charge in [-0.25, -0.2) is 14.8 Å². The molecule has 1 atom stereocenters. The summed E-state index contributed by atoms with van der Waals surface area (Å²) in [6, 6.07) is 6.03. The Morgan fingerprint density at radius 1 is 0.970 bits per heavy atom. The standard InChI is InChI=1S/C24H29F3N2O4/c1-3-5-6-7-9-17-14-28-22(29-15-17)18-10-12-19(13-11-18)23(31)32-16-20(24(25,26)27)33-21(30)8-4-2/h10-15,20H,3-9,16H2,1-2H3. The van der Waals surface area contributed by atoms with Crippen LogP contribution in [0.1, 0.15) is 68.3 Å². The first kappa shape index (κ1) is 26.3. The molecule has 0 amide bonds. The number of carbonyl (C=O) groups is 2. The zero-order valence-corrected chi connectivity index (χ0v) is 18.9. The fourth-order valence-corrected chi connectivity index (χ4v) is 3.00. The molecule has 2 rings (SSSR count). The topological polar surface area (TPSA) is 78.4 Å². The van der Waals surface area contributed by atoms with Crippen LogP contribution in [0.4, 0.5) is 13.2 Å². The van der Waals surface area contributed by atoms with Crippen LogP contribution in [0.2, 0.25) is 0 Å². The number of alkyl halides is 3. The van der Waals surface area contributed by atoms with Crippen molar-refractivity contribution < 1.29 is 32.2 Å². The molecule has 0 saturated carbocycles. The largest absolute Gasteiger partial charge is 0.458 e. The van der Waals surface area contributed by atoms with E-state index >= 15 is 0 Å². The van der Waals surface area contributed by atoms with Crippen LogP contribution in [0.3, 0.4) is 0 Å². The summed E-state index contributed by atoms with van der Waals surface area (Å²) in [6.45, 7) is 2.69. The van der Waals surface area contributed by atoms with Crippen LogP contribution in [-0.4, -0.2) is 40.8 Å². The Morgan fingerprint density at radius 2 is 1.64 bits per heavy atom. The number of benzene rings is 1. The van der Waals surface area contributed by atoms with Crippen molar-refractivity contribution in [3.8, 4) is 11.4 Å². The molecule has 1 aromatic heterocycles. The summed E-state index contributed by atoms with van der Waals surface area (Å²) in [5.41, 5.74) is 1.77. The fourth-order valence-electron chi connectivity index (χ4n) is 3.00. The lowest BCUT2D eigenvalue weighted by Crippen LogP contribution is -2.38. The van der Waals surface area contributed by atoms with Crippen LogP contribution in [-0.2, 0) is 20.7 Å². The van der Waals surface area contributed by atoms with Gasteiger partial charge < -0.3 is 9.47 Å². The highest BCUT2D eigenvalue weighted by molar-refractivity contribution is 5.90. The SMILES string of the molecule is CCCCCCc1cnc(-c2ccc(C(=O)OCC(OC(=O)CCC)C(F)(F)F)cc2)nc1. The van der Waals surface area contributed by atoms with Crippen molar-refractivity contribution in [3.63, 3.8) is 0 Å². The van der Waals surface area contributed by atoms with Gasteiger partial charge in [-0.2, -0.15) is 13.2 Å². The van der Waals surface area contributed by atoms with E-state index in [4.69, 9.17) is 4.74 Å². The fraction of sp³-hybridized carbons (Fsp3) is 0.500. The van der Waals surface area contributed by atoms with Crippen molar-refractivity contribution in [2.75, 3.05) is 6.61 Å². The Labute approximate surface area is 191 Å². The van der Waals surface area contributed by atoms with E-state index in [1.54, 1.807) is 31.5 Å². The maximum Gasteiger partial charge on any atom is 0.428 e. The molecule has 0 aliphatic heterocycles. The van der Waals surface area contributed by atoms with Crippen LogP contribution in [0.15, 0.2) is 36.7 Å². The van der Waals surface area contributed by atoms with Crippen molar-refractivity contribution in [1.82, 2.24) is 9.97 Å². The number of aromatic nitrogens is 2. The van der Waals surface area contributed by atoms with E-state index in [-0.39, 0.29) is 12.0 Å². The quantitative estimate of drug-likeness (QED) is 0.295. The maximum absolute atomic E-state index is 13.1. The molecule has 0 aliphatic rings. The third-order valence-electron chi connectivity index (χ3n) is 4.86. The number of aryl methyl sites for hydroxylation is 1. The Morgan fingerprint density at radius 3 is 2.21 bits per heavy atom. The van der Waals surface area contributed by atoms with Crippen molar-refractivity contribution >= 4 is 11.9 Å². The minimum absolute atomic E-state index is 0.0621. The number of hydrogen-bond donors (Lipinski definition) is 0. The van der Waals surface area contributed by atoms with E-state index in [2.05, 4.69) is 21.6 Å². The Kier molecular flexibility index (Phi) is 10.3. The highest BCUT2D eigenvalue weighted by atomic mass is 19.4. The van der Waals surface area contributed by atoms with Gasteiger partial charge in [0.15, 0.2) is 5.82 Å². The van der Waals surface area contributed by atoms with Gasteiger partial charge in [0.05, 0.1) is 5.56 Å². The molecule has 180 valence electrons. The molecule has 1 heterocycles. The maximum atomic E-state index is 13.1. The van der Waals surface area contributed by atoms with Gasteiger partial charge in [0, 0.05) is 24.4 Å². The molecule has 6 nitrogen and oxygen atoms in total. The van der Waals surface area contributed by atoms with Crippen LogP contribution in [0, 0.1) is 0 Å². The first-order valence-electron chi connectivity index (χ1n) is 11.1. The molecular formula is C24H29F3N2O4. The van der Waals surface area contributed by atoms with Gasteiger partial charge in [0.1, 0.15) is 6.61 Å². The van der Waals surface area contributed by atoms with E-state index in [9.17, 15) is 22.8 Å². The van der Waals surface area contributed by atoms with Gasteiger partial charge in [-0.15, -0.1) is 0 Å². The second-order valence-electron chi connectivity index (χ2n) is 7.67. The number of halogens is 3. The predicted molar refractivity (Wildman–Crippen MR) is 116 cm³/mol. The summed E-state index contributed by atoms with van der Waals surface area (Å²) in [7, 11) is 0. The lowest BCUT2D eigenvalue weighted by molar-refractivity contribution is -0.228. The highest BCUT2D eigenvalue weighted by Gasteiger charge is 2.43. The summed E-state index contributed by atoms with van der Waals surface area (Å²) < 4.78 is 48.3.